The van der Waals surface area contributed by atoms with Crippen LogP contribution in [0.25, 0.3) is 0 Å². The van der Waals surface area contributed by atoms with E-state index in [4.69, 9.17) is 0 Å². The maximum absolute atomic E-state index is 12.1. The highest BCUT2D eigenvalue weighted by molar-refractivity contribution is 5.74. The van der Waals surface area contributed by atoms with Gasteiger partial charge in [0, 0.05) is 24.4 Å². The van der Waals surface area contributed by atoms with Gasteiger partial charge in [-0.15, -0.1) is 0 Å². The topological polar surface area (TPSA) is 87.1 Å². The fourth-order valence-corrected chi connectivity index (χ4v) is 3.21. The van der Waals surface area contributed by atoms with E-state index < -0.39 is 6.04 Å². The Morgan fingerprint density at radius 3 is 2.80 bits per heavy atom. The normalized spacial score (nSPS) is 14.0. The predicted molar refractivity (Wildman–Crippen MR) is 95.3 cm³/mol. The number of aryl methyl sites for hydroxylation is 2. The molecule has 3 N–H and O–H groups in total. The number of nitrogens with one attached hydrogen (secondary N) is 2. The maximum atomic E-state index is 12.1. The third-order valence-corrected chi connectivity index (χ3v) is 4.51. The molecule has 6 nitrogen and oxygen atoms in total. The monoisotopic (exact) mass is 340 g/mol. The van der Waals surface area contributed by atoms with Crippen molar-refractivity contribution in [2.75, 3.05) is 13.2 Å². The van der Waals surface area contributed by atoms with E-state index in [1.165, 1.54) is 5.56 Å². The quantitative estimate of drug-likeness (QED) is 0.749. The number of benzene rings is 1. The van der Waals surface area contributed by atoms with E-state index in [-0.39, 0.29) is 12.6 Å². The minimum Gasteiger partial charge on any atom is -0.394 e. The third-order valence-electron chi connectivity index (χ3n) is 4.51. The zero-order valence-electron chi connectivity index (χ0n) is 14.5. The average Bonchev–Trinajstić information content (AvgIpc) is 3.09. The standard InChI is InChI=1S/C19H24N4O2/c1-13-15-8-5-9-16(15)22-18(21-13)10-11-20-19(25)23-17(12-24)14-6-3-2-4-7-14/h2-4,6-7,17,24H,5,8-12H2,1H3,(H2,20,23,25)/t17-/m0/s1. The Bertz CT molecular complexity index is 734. The third kappa shape index (κ3) is 4.33. The molecule has 0 fully saturated rings. The van der Waals surface area contributed by atoms with Crippen molar-refractivity contribution in [2.24, 2.45) is 0 Å². The van der Waals surface area contributed by atoms with Gasteiger partial charge in [-0.1, -0.05) is 30.3 Å². The maximum Gasteiger partial charge on any atom is 0.315 e. The molecular weight excluding hydrogens is 316 g/mol. The Hall–Kier alpha value is -2.47. The first-order valence-electron chi connectivity index (χ1n) is 8.73. The van der Waals surface area contributed by atoms with Crippen LogP contribution in [0.1, 0.15) is 40.8 Å². The van der Waals surface area contributed by atoms with Gasteiger partial charge < -0.3 is 15.7 Å². The summed E-state index contributed by atoms with van der Waals surface area (Å²) < 4.78 is 0. The molecule has 0 unspecified atom stereocenters. The summed E-state index contributed by atoms with van der Waals surface area (Å²) in [5, 5.41) is 15.1. The number of hydrogen-bond donors (Lipinski definition) is 3. The van der Waals surface area contributed by atoms with Gasteiger partial charge in [-0.05, 0) is 37.3 Å². The zero-order valence-corrected chi connectivity index (χ0v) is 14.5. The van der Waals surface area contributed by atoms with Crippen molar-refractivity contribution in [1.82, 2.24) is 20.6 Å². The van der Waals surface area contributed by atoms with Crippen molar-refractivity contribution < 1.29 is 9.90 Å². The lowest BCUT2D eigenvalue weighted by atomic mass is 10.1. The predicted octanol–water partition coefficient (Wildman–Crippen LogP) is 1.85. The van der Waals surface area contributed by atoms with Gasteiger partial charge >= 0.3 is 6.03 Å². The Morgan fingerprint density at radius 1 is 1.24 bits per heavy atom. The van der Waals surface area contributed by atoms with Crippen LogP contribution in [0.4, 0.5) is 4.79 Å². The summed E-state index contributed by atoms with van der Waals surface area (Å²) >= 11 is 0. The van der Waals surface area contributed by atoms with Crippen molar-refractivity contribution in [2.45, 2.75) is 38.6 Å². The SMILES string of the molecule is Cc1nc(CCNC(=O)N[C@@H](CO)c2ccccc2)nc2c1CCC2. The molecule has 0 saturated heterocycles. The van der Waals surface area contributed by atoms with E-state index in [2.05, 4.69) is 20.6 Å². The van der Waals surface area contributed by atoms with Crippen LogP contribution in [0.15, 0.2) is 30.3 Å². The van der Waals surface area contributed by atoms with Gasteiger partial charge in [0.1, 0.15) is 5.82 Å². The number of aliphatic hydroxyl groups excluding tert-OH is 1. The molecule has 2 aromatic rings. The summed E-state index contributed by atoms with van der Waals surface area (Å²) in [6.45, 7) is 2.34. The fraction of sp³-hybridized carbons (Fsp3) is 0.421. The van der Waals surface area contributed by atoms with Crippen LogP contribution < -0.4 is 10.6 Å². The number of hydrogen-bond acceptors (Lipinski definition) is 4. The van der Waals surface area contributed by atoms with Crippen molar-refractivity contribution >= 4 is 6.03 Å². The van der Waals surface area contributed by atoms with E-state index in [0.717, 1.165) is 42.0 Å². The molecule has 1 atom stereocenters. The average molecular weight is 340 g/mol. The summed E-state index contributed by atoms with van der Waals surface area (Å²) in [5.74, 6) is 0.778. The van der Waals surface area contributed by atoms with E-state index in [1.54, 1.807) is 0 Å². The lowest BCUT2D eigenvalue weighted by Gasteiger charge is -2.17. The summed E-state index contributed by atoms with van der Waals surface area (Å²) in [6.07, 6.45) is 3.84. The van der Waals surface area contributed by atoms with Crippen molar-refractivity contribution in [3.05, 3.63) is 58.7 Å². The molecule has 132 valence electrons. The molecule has 0 bridgehead atoms. The Morgan fingerprint density at radius 2 is 2.04 bits per heavy atom. The molecule has 0 aliphatic heterocycles. The molecule has 3 rings (SSSR count). The smallest absolute Gasteiger partial charge is 0.315 e. The molecule has 0 saturated carbocycles. The van der Waals surface area contributed by atoms with Crippen LogP contribution in [-0.4, -0.2) is 34.3 Å². The largest absolute Gasteiger partial charge is 0.394 e. The number of aromatic nitrogens is 2. The van der Waals surface area contributed by atoms with Gasteiger partial charge in [0.25, 0.3) is 0 Å². The zero-order chi connectivity index (χ0) is 17.6. The fourth-order valence-electron chi connectivity index (χ4n) is 3.21. The number of nitrogens with zero attached hydrogens (tertiary/aromatic N) is 2. The molecule has 2 amide bonds. The number of rotatable bonds is 6. The highest BCUT2D eigenvalue weighted by Crippen LogP contribution is 2.22. The van der Waals surface area contributed by atoms with Gasteiger partial charge in [0.15, 0.2) is 0 Å². The number of carbonyl (C=O) groups is 1. The molecule has 1 aliphatic rings. The lowest BCUT2D eigenvalue weighted by Crippen LogP contribution is -2.40. The second-order valence-corrected chi connectivity index (χ2v) is 6.30. The van der Waals surface area contributed by atoms with Crippen LogP contribution in [0.5, 0.6) is 0 Å². The van der Waals surface area contributed by atoms with Crippen molar-refractivity contribution in [1.29, 1.82) is 0 Å². The minimum absolute atomic E-state index is 0.148. The van der Waals surface area contributed by atoms with Crippen LogP contribution in [0, 0.1) is 6.92 Å². The first kappa shape index (κ1) is 17.4. The minimum atomic E-state index is -0.417. The van der Waals surface area contributed by atoms with E-state index in [1.807, 2.05) is 37.3 Å². The van der Waals surface area contributed by atoms with E-state index in [9.17, 15) is 9.90 Å². The Labute approximate surface area is 147 Å². The lowest BCUT2D eigenvalue weighted by molar-refractivity contribution is 0.217. The Kier molecular flexibility index (Phi) is 5.60. The van der Waals surface area contributed by atoms with E-state index in [0.29, 0.717) is 13.0 Å². The molecule has 0 radical (unpaired) electrons. The van der Waals surface area contributed by atoms with Crippen LogP contribution in [0.2, 0.25) is 0 Å². The number of fused-ring (bicyclic) bond motifs is 1. The highest BCUT2D eigenvalue weighted by Gasteiger charge is 2.17. The van der Waals surface area contributed by atoms with Gasteiger partial charge in [-0.25, -0.2) is 14.8 Å². The van der Waals surface area contributed by atoms with Crippen molar-refractivity contribution in [3.8, 4) is 0 Å². The number of carbonyl (C=O) groups excluding carboxylic acids is 1. The molecular formula is C19H24N4O2. The first-order valence-corrected chi connectivity index (χ1v) is 8.73. The van der Waals surface area contributed by atoms with Crippen LogP contribution in [-0.2, 0) is 19.3 Å². The molecule has 1 aromatic heterocycles. The molecule has 1 heterocycles. The number of amides is 2. The van der Waals surface area contributed by atoms with Crippen LogP contribution in [0.3, 0.4) is 0 Å². The highest BCUT2D eigenvalue weighted by atomic mass is 16.3. The summed E-state index contributed by atoms with van der Waals surface area (Å²) in [4.78, 5) is 21.2. The van der Waals surface area contributed by atoms with Gasteiger partial charge in [0.2, 0.25) is 0 Å². The van der Waals surface area contributed by atoms with Gasteiger partial charge in [0.05, 0.1) is 12.6 Å². The number of urea groups is 1. The summed E-state index contributed by atoms with van der Waals surface area (Å²) in [7, 11) is 0. The first-order chi connectivity index (χ1) is 12.2. The molecule has 25 heavy (non-hydrogen) atoms. The molecule has 6 heteroatoms. The molecule has 1 aliphatic carbocycles. The summed E-state index contributed by atoms with van der Waals surface area (Å²) in [5.41, 5.74) is 4.39. The second-order valence-electron chi connectivity index (χ2n) is 6.30. The molecule has 1 aromatic carbocycles. The van der Waals surface area contributed by atoms with Gasteiger partial charge in [-0.2, -0.15) is 0 Å². The van der Waals surface area contributed by atoms with Gasteiger partial charge in [-0.3, -0.25) is 0 Å². The van der Waals surface area contributed by atoms with Crippen LogP contribution >= 0.6 is 0 Å². The summed E-state index contributed by atoms with van der Waals surface area (Å²) in [6, 6.07) is 8.69. The Balaban J connectivity index is 1.50. The second kappa shape index (κ2) is 8.07. The van der Waals surface area contributed by atoms with Crippen molar-refractivity contribution in [3.63, 3.8) is 0 Å². The van der Waals surface area contributed by atoms with E-state index >= 15 is 0 Å². The number of aliphatic hydroxyl groups is 1. The molecule has 0 spiro atoms.